The first kappa shape index (κ1) is 11.2. The molecular weight excluding hydrogens is 268 g/mol. The van der Waals surface area contributed by atoms with Crippen LogP contribution in [0, 0.1) is 13.8 Å². The fourth-order valence-corrected chi connectivity index (χ4v) is 1.83. The van der Waals surface area contributed by atoms with Gasteiger partial charge in [-0.15, -0.1) is 0 Å². The van der Waals surface area contributed by atoms with Gasteiger partial charge in [-0.1, -0.05) is 17.7 Å². The van der Waals surface area contributed by atoms with Crippen molar-refractivity contribution in [3.63, 3.8) is 0 Å². The Balaban J connectivity index is 2.04. The minimum absolute atomic E-state index is 0.426. The van der Waals surface area contributed by atoms with Gasteiger partial charge in [0.05, 0.1) is 10.7 Å². The Labute approximate surface area is 103 Å². The fourth-order valence-electron chi connectivity index (χ4n) is 1.51. The number of rotatable bonds is 3. The van der Waals surface area contributed by atoms with Crippen LogP contribution in [0.25, 0.3) is 0 Å². The van der Waals surface area contributed by atoms with Gasteiger partial charge in [0.2, 0.25) is 0 Å². The third-order valence-electron chi connectivity index (χ3n) is 2.28. The molecule has 0 radical (unpaired) electrons. The molecule has 1 aromatic carbocycles. The van der Waals surface area contributed by atoms with Crippen molar-refractivity contribution in [3.05, 3.63) is 46.2 Å². The van der Waals surface area contributed by atoms with Crippen molar-refractivity contribution in [2.24, 2.45) is 0 Å². The molecule has 0 atom stereocenters. The summed E-state index contributed by atoms with van der Waals surface area (Å²) < 4.78 is 8.37. The minimum Gasteiger partial charge on any atom is -0.471 e. The van der Waals surface area contributed by atoms with Crippen molar-refractivity contribution in [1.82, 2.24) is 9.78 Å². The zero-order chi connectivity index (χ0) is 11.5. The number of aryl methyl sites for hydroxylation is 2. The highest BCUT2D eigenvalue weighted by Gasteiger charge is 2.00. The number of ether oxygens (including phenoxy) is 1. The topological polar surface area (TPSA) is 27.1 Å². The standard InChI is InChI=1S/C12H13BrN2O/c1-9-3-4-12(10(2)5-9)16-8-15-7-11(13)6-14-15/h3-7H,8H2,1-2H3. The highest BCUT2D eigenvalue weighted by Crippen LogP contribution is 2.19. The lowest BCUT2D eigenvalue weighted by molar-refractivity contribution is 0.219. The largest absolute Gasteiger partial charge is 0.471 e. The molecule has 0 bridgehead atoms. The molecule has 0 fully saturated rings. The second-order valence-electron chi connectivity index (χ2n) is 3.74. The van der Waals surface area contributed by atoms with Gasteiger partial charge in [0.25, 0.3) is 0 Å². The van der Waals surface area contributed by atoms with Crippen LogP contribution in [0.2, 0.25) is 0 Å². The van der Waals surface area contributed by atoms with Crippen LogP contribution in [0.15, 0.2) is 35.1 Å². The summed E-state index contributed by atoms with van der Waals surface area (Å²) in [4.78, 5) is 0. The van der Waals surface area contributed by atoms with Crippen molar-refractivity contribution < 1.29 is 4.74 Å². The lowest BCUT2D eigenvalue weighted by atomic mass is 10.1. The maximum atomic E-state index is 5.67. The van der Waals surface area contributed by atoms with Gasteiger partial charge in [-0.25, -0.2) is 4.68 Å². The van der Waals surface area contributed by atoms with Crippen molar-refractivity contribution in [2.45, 2.75) is 20.6 Å². The van der Waals surface area contributed by atoms with Crippen molar-refractivity contribution in [3.8, 4) is 5.75 Å². The van der Waals surface area contributed by atoms with E-state index in [4.69, 9.17) is 4.74 Å². The molecule has 0 N–H and O–H groups in total. The first-order valence-corrected chi connectivity index (χ1v) is 5.82. The molecule has 0 saturated heterocycles. The summed E-state index contributed by atoms with van der Waals surface area (Å²) in [7, 11) is 0. The minimum atomic E-state index is 0.426. The average Bonchev–Trinajstić information content (AvgIpc) is 2.63. The Hall–Kier alpha value is -1.29. The van der Waals surface area contributed by atoms with Crippen LogP contribution in [0.5, 0.6) is 5.75 Å². The average molecular weight is 281 g/mol. The number of hydrogen-bond donors (Lipinski definition) is 0. The van der Waals surface area contributed by atoms with Gasteiger partial charge in [0, 0.05) is 6.20 Å². The number of aromatic nitrogens is 2. The monoisotopic (exact) mass is 280 g/mol. The summed E-state index contributed by atoms with van der Waals surface area (Å²) in [5.74, 6) is 0.900. The van der Waals surface area contributed by atoms with Gasteiger partial charge < -0.3 is 4.74 Å². The van der Waals surface area contributed by atoms with Gasteiger partial charge in [0.15, 0.2) is 6.73 Å². The van der Waals surface area contributed by atoms with Crippen molar-refractivity contribution in [2.75, 3.05) is 0 Å². The molecule has 1 heterocycles. The number of halogens is 1. The number of nitrogens with zero attached hydrogens (tertiary/aromatic N) is 2. The predicted octanol–water partition coefficient (Wildman–Crippen LogP) is 3.30. The van der Waals surface area contributed by atoms with E-state index >= 15 is 0 Å². The lowest BCUT2D eigenvalue weighted by Gasteiger charge is -2.09. The van der Waals surface area contributed by atoms with Gasteiger partial charge in [-0.2, -0.15) is 5.10 Å². The summed E-state index contributed by atoms with van der Waals surface area (Å²) in [6, 6.07) is 6.14. The number of benzene rings is 1. The molecule has 4 heteroatoms. The molecule has 0 spiro atoms. The van der Waals surface area contributed by atoms with E-state index < -0.39 is 0 Å². The second-order valence-corrected chi connectivity index (χ2v) is 4.66. The smallest absolute Gasteiger partial charge is 0.180 e. The normalized spacial score (nSPS) is 10.4. The van der Waals surface area contributed by atoms with Crippen LogP contribution in [-0.2, 0) is 6.73 Å². The third-order valence-corrected chi connectivity index (χ3v) is 2.69. The van der Waals surface area contributed by atoms with Gasteiger partial charge >= 0.3 is 0 Å². The van der Waals surface area contributed by atoms with E-state index in [1.165, 1.54) is 5.56 Å². The molecule has 0 saturated carbocycles. The Kier molecular flexibility index (Phi) is 3.29. The summed E-state index contributed by atoms with van der Waals surface area (Å²) in [5.41, 5.74) is 2.39. The van der Waals surface area contributed by atoms with Crippen LogP contribution >= 0.6 is 15.9 Å². The molecule has 0 unspecified atom stereocenters. The Morgan fingerprint density at radius 1 is 1.38 bits per heavy atom. The first-order valence-electron chi connectivity index (χ1n) is 5.03. The SMILES string of the molecule is Cc1ccc(OCn2cc(Br)cn2)c(C)c1. The van der Waals surface area contributed by atoms with E-state index in [0.29, 0.717) is 6.73 Å². The van der Waals surface area contributed by atoms with Crippen LogP contribution in [0.1, 0.15) is 11.1 Å². The molecule has 1 aromatic heterocycles. The Bertz CT molecular complexity index is 494. The van der Waals surface area contributed by atoms with E-state index in [1.807, 2.05) is 25.3 Å². The van der Waals surface area contributed by atoms with Crippen LogP contribution in [0.3, 0.4) is 0 Å². The second kappa shape index (κ2) is 4.70. The highest BCUT2D eigenvalue weighted by atomic mass is 79.9. The van der Waals surface area contributed by atoms with Crippen molar-refractivity contribution in [1.29, 1.82) is 0 Å². The van der Waals surface area contributed by atoms with Gasteiger partial charge in [-0.05, 0) is 41.4 Å². The van der Waals surface area contributed by atoms with E-state index in [9.17, 15) is 0 Å². The summed E-state index contributed by atoms with van der Waals surface area (Å²) in [6.45, 7) is 4.54. The molecule has 0 aliphatic carbocycles. The van der Waals surface area contributed by atoms with Gasteiger partial charge in [0.1, 0.15) is 5.75 Å². The van der Waals surface area contributed by atoms with Crippen molar-refractivity contribution >= 4 is 15.9 Å². The molecule has 84 valence electrons. The molecule has 0 aliphatic heterocycles. The third kappa shape index (κ3) is 2.64. The zero-order valence-corrected chi connectivity index (χ0v) is 10.9. The molecule has 0 amide bonds. The van der Waals surface area contributed by atoms with Gasteiger partial charge in [-0.3, -0.25) is 0 Å². The molecule has 2 aromatic rings. The fraction of sp³-hybridized carbons (Fsp3) is 0.250. The van der Waals surface area contributed by atoms with E-state index in [0.717, 1.165) is 15.8 Å². The molecule has 2 rings (SSSR count). The summed E-state index contributed by atoms with van der Waals surface area (Å²) in [5, 5.41) is 4.12. The van der Waals surface area contributed by atoms with E-state index in [1.54, 1.807) is 10.9 Å². The highest BCUT2D eigenvalue weighted by molar-refractivity contribution is 9.10. The van der Waals surface area contributed by atoms with Crippen LogP contribution in [0.4, 0.5) is 0 Å². The van der Waals surface area contributed by atoms with Crippen LogP contribution in [-0.4, -0.2) is 9.78 Å². The molecule has 0 aliphatic rings. The molecule has 16 heavy (non-hydrogen) atoms. The Morgan fingerprint density at radius 2 is 2.19 bits per heavy atom. The lowest BCUT2D eigenvalue weighted by Crippen LogP contribution is -2.06. The maximum Gasteiger partial charge on any atom is 0.180 e. The maximum absolute atomic E-state index is 5.67. The predicted molar refractivity (Wildman–Crippen MR) is 66.5 cm³/mol. The first-order chi connectivity index (χ1) is 7.65. The number of hydrogen-bond acceptors (Lipinski definition) is 2. The van der Waals surface area contributed by atoms with Crippen LogP contribution < -0.4 is 4.74 Å². The van der Waals surface area contributed by atoms with E-state index in [2.05, 4.69) is 34.0 Å². The zero-order valence-electron chi connectivity index (χ0n) is 9.27. The molecular formula is C12H13BrN2O. The van der Waals surface area contributed by atoms with E-state index in [-0.39, 0.29) is 0 Å². The summed E-state index contributed by atoms with van der Waals surface area (Å²) >= 11 is 3.34. The summed E-state index contributed by atoms with van der Waals surface area (Å²) in [6.07, 6.45) is 3.62. The quantitative estimate of drug-likeness (QED) is 0.863. The molecule has 3 nitrogen and oxygen atoms in total. The Morgan fingerprint density at radius 3 is 2.81 bits per heavy atom.